The fourth-order valence-corrected chi connectivity index (χ4v) is 2.60. The Kier molecular flexibility index (Phi) is 4.57. The number of nitrogens with one attached hydrogen (secondary N) is 2. The number of H-pyrrole nitrogens is 1. The lowest BCUT2D eigenvalue weighted by molar-refractivity contribution is 0.459. The number of hydrogen-bond donors (Lipinski definition) is 3. The predicted octanol–water partition coefficient (Wildman–Crippen LogP) is 4.65. The van der Waals surface area contributed by atoms with Gasteiger partial charge in [0.25, 0.3) is 0 Å². The topological polar surface area (TPSA) is 72.8 Å². The molecule has 0 aliphatic carbocycles. The molecule has 2 aromatic carbocycles. The van der Waals surface area contributed by atoms with Crippen LogP contribution in [0.15, 0.2) is 52.7 Å². The molecule has 0 saturated carbocycles. The van der Waals surface area contributed by atoms with Crippen molar-refractivity contribution in [1.29, 1.82) is 0 Å². The molecule has 0 aliphatic heterocycles. The van der Waals surface area contributed by atoms with Crippen LogP contribution in [-0.2, 0) is 6.54 Å². The van der Waals surface area contributed by atoms with Gasteiger partial charge in [-0.3, -0.25) is 0 Å². The molecule has 3 N–H and O–H groups in total. The van der Waals surface area contributed by atoms with E-state index in [-0.39, 0.29) is 11.0 Å². The number of aromatic nitrogens is 1. The fraction of sp³-hybridized carbons (Fsp3) is 0.167. The van der Waals surface area contributed by atoms with Crippen molar-refractivity contribution in [3.05, 3.63) is 59.2 Å². The van der Waals surface area contributed by atoms with Gasteiger partial charge in [-0.1, -0.05) is 42.5 Å². The van der Waals surface area contributed by atoms with E-state index in [1.165, 1.54) is 0 Å². The van der Waals surface area contributed by atoms with Crippen LogP contribution in [0.4, 0.5) is 5.69 Å². The van der Waals surface area contributed by atoms with Crippen molar-refractivity contribution in [1.82, 2.24) is 10.3 Å². The van der Waals surface area contributed by atoms with E-state index in [9.17, 15) is 5.11 Å². The first-order chi connectivity index (χ1) is 11.6. The highest BCUT2D eigenvalue weighted by atomic mass is 32.1. The van der Waals surface area contributed by atoms with E-state index in [2.05, 4.69) is 20.5 Å². The quantitative estimate of drug-likeness (QED) is 0.481. The second-order valence-electron chi connectivity index (χ2n) is 5.60. The molecule has 0 radical (unpaired) electrons. The van der Waals surface area contributed by atoms with E-state index in [1.807, 2.05) is 56.3 Å². The van der Waals surface area contributed by atoms with Crippen LogP contribution in [0.3, 0.4) is 0 Å². The maximum Gasteiger partial charge on any atom is 0.218 e. The summed E-state index contributed by atoms with van der Waals surface area (Å²) in [7, 11) is 0. The minimum absolute atomic E-state index is 0.00620. The molecular formula is C18H18N4OS. The van der Waals surface area contributed by atoms with Crippen molar-refractivity contribution in [2.45, 2.75) is 20.4 Å². The average Bonchev–Trinajstić information content (AvgIpc) is 2.91. The van der Waals surface area contributed by atoms with Gasteiger partial charge in [-0.25, -0.2) is 0 Å². The van der Waals surface area contributed by atoms with Crippen molar-refractivity contribution in [3.8, 4) is 5.88 Å². The summed E-state index contributed by atoms with van der Waals surface area (Å²) >= 11 is 5.18. The third-order valence-electron chi connectivity index (χ3n) is 3.99. The van der Waals surface area contributed by atoms with E-state index in [0.717, 1.165) is 27.6 Å². The largest absolute Gasteiger partial charge is 0.493 e. The summed E-state index contributed by atoms with van der Waals surface area (Å²) in [6.07, 6.45) is 0. The monoisotopic (exact) mass is 338 g/mol. The van der Waals surface area contributed by atoms with Crippen LogP contribution in [0.5, 0.6) is 5.88 Å². The van der Waals surface area contributed by atoms with Gasteiger partial charge in [0.15, 0.2) is 5.69 Å². The van der Waals surface area contributed by atoms with Gasteiger partial charge in [0.2, 0.25) is 11.0 Å². The first-order valence-corrected chi connectivity index (χ1v) is 8.01. The molecule has 0 atom stereocenters. The summed E-state index contributed by atoms with van der Waals surface area (Å²) in [5.74, 6) is -0.00620. The van der Waals surface area contributed by atoms with Crippen LogP contribution in [0.2, 0.25) is 0 Å². The molecule has 122 valence electrons. The molecule has 6 heteroatoms. The van der Waals surface area contributed by atoms with Crippen molar-refractivity contribution >= 4 is 33.9 Å². The van der Waals surface area contributed by atoms with E-state index in [1.54, 1.807) is 0 Å². The molecule has 0 fully saturated rings. The Morgan fingerprint density at radius 2 is 1.92 bits per heavy atom. The Labute approximate surface area is 145 Å². The van der Waals surface area contributed by atoms with Crippen LogP contribution >= 0.6 is 12.2 Å². The fourth-order valence-electron chi connectivity index (χ4n) is 2.48. The lowest BCUT2D eigenvalue weighted by Crippen LogP contribution is -2.18. The van der Waals surface area contributed by atoms with Crippen molar-refractivity contribution < 1.29 is 5.11 Å². The van der Waals surface area contributed by atoms with Gasteiger partial charge in [-0.15, -0.1) is 10.2 Å². The SMILES string of the molecule is Cc1ccc2c(N=NC(=S)NCc3ccccc3)c(O)[nH]c2c1C. The highest BCUT2D eigenvalue weighted by molar-refractivity contribution is 7.80. The van der Waals surface area contributed by atoms with Crippen LogP contribution in [0.25, 0.3) is 10.9 Å². The standard InChI is InChI=1S/C18H18N4OS/c1-11-8-9-14-15(12(11)2)20-17(23)16(14)21-22-18(24)19-10-13-6-4-3-5-7-13/h3-9,20,23H,10H2,1-2H3,(H,19,24). The normalized spacial score (nSPS) is 11.2. The molecule has 0 spiro atoms. The smallest absolute Gasteiger partial charge is 0.218 e. The van der Waals surface area contributed by atoms with Crippen molar-refractivity contribution in [3.63, 3.8) is 0 Å². The molecule has 1 aromatic heterocycles. The Hall–Kier alpha value is -2.73. The lowest BCUT2D eigenvalue weighted by Gasteiger charge is -2.03. The molecule has 0 unspecified atom stereocenters. The number of rotatable bonds is 3. The Morgan fingerprint density at radius 1 is 1.17 bits per heavy atom. The molecule has 0 bridgehead atoms. The van der Waals surface area contributed by atoms with Crippen LogP contribution in [0.1, 0.15) is 16.7 Å². The molecule has 3 aromatic rings. The molecule has 0 aliphatic rings. The van der Waals surface area contributed by atoms with Gasteiger partial charge in [0.1, 0.15) is 0 Å². The summed E-state index contributed by atoms with van der Waals surface area (Å²) < 4.78 is 0. The van der Waals surface area contributed by atoms with Gasteiger partial charge in [0.05, 0.1) is 5.52 Å². The zero-order valence-corrected chi connectivity index (χ0v) is 14.3. The zero-order valence-electron chi connectivity index (χ0n) is 13.5. The second kappa shape index (κ2) is 6.80. The van der Waals surface area contributed by atoms with E-state index in [4.69, 9.17) is 12.2 Å². The van der Waals surface area contributed by atoms with Gasteiger partial charge in [-0.2, -0.15) is 0 Å². The highest BCUT2D eigenvalue weighted by Crippen LogP contribution is 2.37. The summed E-state index contributed by atoms with van der Waals surface area (Å²) in [6.45, 7) is 4.61. The molecule has 0 saturated heterocycles. The number of aryl methyl sites for hydroxylation is 2. The third kappa shape index (κ3) is 3.28. The Bertz CT molecular complexity index is 916. The summed E-state index contributed by atoms with van der Waals surface area (Å²) in [6, 6.07) is 13.8. The minimum atomic E-state index is -0.00620. The van der Waals surface area contributed by atoms with Crippen LogP contribution < -0.4 is 5.32 Å². The number of nitrogens with zero attached hydrogens (tertiary/aromatic N) is 2. The number of fused-ring (bicyclic) bond motifs is 1. The molecule has 1 heterocycles. The molecule has 5 nitrogen and oxygen atoms in total. The maximum atomic E-state index is 10.1. The highest BCUT2D eigenvalue weighted by Gasteiger charge is 2.13. The van der Waals surface area contributed by atoms with Gasteiger partial charge in [-0.05, 0) is 42.8 Å². The molecule has 24 heavy (non-hydrogen) atoms. The van der Waals surface area contributed by atoms with Crippen LogP contribution in [0, 0.1) is 13.8 Å². The number of thiocarbonyl (C=S) groups is 1. The van der Waals surface area contributed by atoms with Crippen molar-refractivity contribution in [2.75, 3.05) is 0 Å². The summed E-state index contributed by atoms with van der Waals surface area (Å²) in [5.41, 5.74) is 4.60. The first-order valence-electron chi connectivity index (χ1n) is 7.60. The average molecular weight is 338 g/mol. The van der Waals surface area contributed by atoms with Gasteiger partial charge in [0, 0.05) is 11.9 Å². The number of hydrogen-bond acceptors (Lipinski definition) is 3. The van der Waals surface area contributed by atoms with Crippen molar-refractivity contribution in [2.24, 2.45) is 10.2 Å². The van der Waals surface area contributed by atoms with Crippen LogP contribution in [-0.4, -0.2) is 15.2 Å². The maximum absolute atomic E-state index is 10.1. The number of aromatic amines is 1. The number of benzene rings is 2. The molecular weight excluding hydrogens is 320 g/mol. The first kappa shape index (κ1) is 16.1. The van der Waals surface area contributed by atoms with Gasteiger partial charge >= 0.3 is 0 Å². The Balaban J connectivity index is 1.77. The van der Waals surface area contributed by atoms with Gasteiger partial charge < -0.3 is 15.4 Å². The second-order valence-corrected chi connectivity index (χ2v) is 5.98. The van der Waals surface area contributed by atoms with E-state index >= 15 is 0 Å². The Morgan fingerprint density at radius 3 is 2.67 bits per heavy atom. The number of azo groups is 1. The molecule has 0 amide bonds. The molecule has 3 rings (SSSR count). The minimum Gasteiger partial charge on any atom is -0.493 e. The van der Waals surface area contributed by atoms with E-state index < -0.39 is 0 Å². The summed E-state index contributed by atoms with van der Waals surface area (Å²) in [5, 5.41) is 22.4. The summed E-state index contributed by atoms with van der Waals surface area (Å²) in [4.78, 5) is 2.96. The number of aromatic hydroxyl groups is 1. The van der Waals surface area contributed by atoms with E-state index in [0.29, 0.717) is 12.2 Å². The zero-order chi connectivity index (χ0) is 17.1. The lowest BCUT2D eigenvalue weighted by atomic mass is 10.1. The third-order valence-corrected chi connectivity index (χ3v) is 4.21. The predicted molar refractivity (Wildman–Crippen MR) is 99.8 cm³/mol.